The van der Waals surface area contributed by atoms with Gasteiger partial charge in [-0.1, -0.05) is 37.3 Å². The summed E-state index contributed by atoms with van der Waals surface area (Å²) in [5.41, 5.74) is 6.44. The Morgan fingerprint density at radius 3 is 2.83 bits per heavy atom. The molecule has 1 aromatic carbocycles. The van der Waals surface area contributed by atoms with E-state index in [1.165, 1.54) is 22.4 Å². The van der Waals surface area contributed by atoms with Gasteiger partial charge < -0.3 is 4.98 Å². The molecule has 4 nitrogen and oxygen atoms in total. The summed E-state index contributed by atoms with van der Waals surface area (Å²) in [6.07, 6.45) is 7.69. The largest absolute Gasteiger partial charge is 0.348 e. The number of rotatable bonds is 4. The first kappa shape index (κ1) is 15.1. The maximum atomic E-state index is 4.62. The minimum atomic E-state index is 0.165. The fourth-order valence-corrected chi connectivity index (χ4v) is 3.68. The van der Waals surface area contributed by atoms with E-state index in [1.807, 2.05) is 24.8 Å². The van der Waals surface area contributed by atoms with Crippen molar-refractivity contribution in [2.45, 2.75) is 32.4 Å². The third-order valence-corrected chi connectivity index (χ3v) is 4.90. The van der Waals surface area contributed by atoms with E-state index in [1.54, 1.807) is 0 Å². The lowest BCUT2D eigenvalue weighted by molar-refractivity contribution is 0.199. The summed E-state index contributed by atoms with van der Waals surface area (Å²) < 4.78 is 0. The number of nitrogens with one attached hydrogen (secondary N) is 1. The topological polar surface area (TPSA) is 44.8 Å². The Morgan fingerprint density at radius 2 is 2.04 bits per heavy atom. The summed E-state index contributed by atoms with van der Waals surface area (Å²) in [6.45, 7) is 4.18. The molecular weight excluding hydrogens is 296 g/mol. The quantitative estimate of drug-likeness (QED) is 0.800. The molecule has 0 spiro atoms. The molecule has 3 heterocycles. The van der Waals surface area contributed by atoms with Crippen LogP contribution in [-0.2, 0) is 19.4 Å². The van der Waals surface area contributed by atoms with Crippen molar-refractivity contribution in [1.82, 2.24) is 19.9 Å². The van der Waals surface area contributed by atoms with Gasteiger partial charge in [-0.15, -0.1) is 0 Å². The molecule has 1 N–H and O–H groups in total. The first-order valence-electron chi connectivity index (χ1n) is 8.59. The minimum Gasteiger partial charge on any atom is -0.348 e. The first-order valence-corrected chi connectivity index (χ1v) is 8.59. The zero-order valence-electron chi connectivity index (χ0n) is 13.9. The van der Waals surface area contributed by atoms with E-state index in [0.717, 1.165) is 31.6 Å². The number of nitrogens with zero attached hydrogens (tertiary/aromatic N) is 3. The Hall–Kier alpha value is -2.46. The molecule has 122 valence electrons. The Labute approximate surface area is 142 Å². The van der Waals surface area contributed by atoms with Crippen LogP contribution in [0.3, 0.4) is 0 Å². The van der Waals surface area contributed by atoms with Crippen molar-refractivity contribution in [3.63, 3.8) is 0 Å². The highest BCUT2D eigenvalue weighted by molar-refractivity contribution is 5.33. The van der Waals surface area contributed by atoms with E-state index in [9.17, 15) is 0 Å². The van der Waals surface area contributed by atoms with Gasteiger partial charge in [0.2, 0.25) is 0 Å². The fraction of sp³-hybridized carbons (Fsp3) is 0.300. The molecule has 4 rings (SSSR count). The monoisotopic (exact) mass is 318 g/mol. The summed E-state index contributed by atoms with van der Waals surface area (Å²) in [4.78, 5) is 14.8. The van der Waals surface area contributed by atoms with Gasteiger partial charge in [-0.3, -0.25) is 9.88 Å². The Kier molecular flexibility index (Phi) is 4.13. The predicted octanol–water partition coefficient (Wildman–Crippen LogP) is 3.51. The van der Waals surface area contributed by atoms with Crippen LogP contribution in [0.15, 0.2) is 55.1 Å². The zero-order valence-corrected chi connectivity index (χ0v) is 13.9. The van der Waals surface area contributed by atoms with Gasteiger partial charge >= 0.3 is 0 Å². The molecule has 0 amide bonds. The van der Waals surface area contributed by atoms with Gasteiger partial charge in [0.05, 0.1) is 18.1 Å². The fourth-order valence-electron chi connectivity index (χ4n) is 3.68. The summed E-state index contributed by atoms with van der Waals surface area (Å²) >= 11 is 0. The highest BCUT2D eigenvalue weighted by atomic mass is 15.2. The lowest BCUT2D eigenvalue weighted by atomic mass is 9.95. The van der Waals surface area contributed by atoms with Crippen LogP contribution in [0.4, 0.5) is 0 Å². The number of H-pyrrole nitrogens is 1. The number of aromatic nitrogens is 3. The second kappa shape index (κ2) is 6.57. The van der Waals surface area contributed by atoms with E-state index in [4.69, 9.17) is 0 Å². The maximum absolute atomic E-state index is 4.62. The number of pyridine rings is 1. The van der Waals surface area contributed by atoms with Crippen LogP contribution in [0.1, 0.15) is 41.0 Å². The second-order valence-corrected chi connectivity index (χ2v) is 6.30. The van der Waals surface area contributed by atoms with Gasteiger partial charge in [0.25, 0.3) is 0 Å². The number of hydrogen-bond acceptors (Lipinski definition) is 3. The lowest BCUT2D eigenvalue weighted by Crippen LogP contribution is -2.36. The van der Waals surface area contributed by atoms with Gasteiger partial charge in [0, 0.05) is 37.6 Å². The summed E-state index contributed by atoms with van der Waals surface area (Å²) in [5, 5.41) is 0. The summed E-state index contributed by atoms with van der Waals surface area (Å²) in [5.74, 6) is 0. The SMILES string of the molecule is CCc1ccccc1CN1CCc2[nH]cnc2[C@@H]1c1cccnc1. The van der Waals surface area contributed by atoms with Crippen molar-refractivity contribution in [2.24, 2.45) is 0 Å². The third kappa shape index (κ3) is 2.74. The van der Waals surface area contributed by atoms with Crippen LogP contribution in [-0.4, -0.2) is 26.4 Å². The number of hydrogen-bond donors (Lipinski definition) is 1. The van der Waals surface area contributed by atoms with Crippen LogP contribution < -0.4 is 0 Å². The van der Waals surface area contributed by atoms with Crippen molar-refractivity contribution < 1.29 is 0 Å². The molecule has 0 unspecified atom stereocenters. The van der Waals surface area contributed by atoms with Gasteiger partial charge in [-0.05, 0) is 29.2 Å². The molecule has 1 aliphatic rings. The van der Waals surface area contributed by atoms with E-state index >= 15 is 0 Å². The van der Waals surface area contributed by atoms with Gasteiger partial charge in [-0.25, -0.2) is 4.98 Å². The number of fused-ring (bicyclic) bond motifs is 1. The van der Waals surface area contributed by atoms with Gasteiger partial charge in [-0.2, -0.15) is 0 Å². The Balaban J connectivity index is 1.71. The molecule has 1 aliphatic heterocycles. The predicted molar refractivity (Wildman–Crippen MR) is 94.6 cm³/mol. The molecule has 2 aromatic heterocycles. The molecular formula is C20H22N4. The van der Waals surface area contributed by atoms with E-state index in [0.29, 0.717) is 0 Å². The van der Waals surface area contributed by atoms with Crippen molar-refractivity contribution in [1.29, 1.82) is 0 Å². The number of benzene rings is 1. The lowest BCUT2D eigenvalue weighted by Gasteiger charge is -2.35. The van der Waals surface area contributed by atoms with Gasteiger partial charge in [0.15, 0.2) is 0 Å². The van der Waals surface area contributed by atoms with Crippen LogP contribution in [0.5, 0.6) is 0 Å². The van der Waals surface area contributed by atoms with Crippen molar-refractivity contribution in [3.8, 4) is 0 Å². The third-order valence-electron chi connectivity index (χ3n) is 4.90. The molecule has 0 fully saturated rings. The van der Waals surface area contributed by atoms with E-state index in [-0.39, 0.29) is 6.04 Å². The van der Waals surface area contributed by atoms with Crippen LogP contribution in [0, 0.1) is 0 Å². The summed E-state index contributed by atoms with van der Waals surface area (Å²) in [6, 6.07) is 13.1. The second-order valence-electron chi connectivity index (χ2n) is 6.30. The van der Waals surface area contributed by atoms with Crippen molar-refractivity contribution in [2.75, 3.05) is 6.54 Å². The van der Waals surface area contributed by atoms with Crippen LogP contribution >= 0.6 is 0 Å². The van der Waals surface area contributed by atoms with Crippen molar-refractivity contribution >= 4 is 0 Å². The van der Waals surface area contributed by atoms with Crippen LogP contribution in [0.25, 0.3) is 0 Å². The highest BCUT2D eigenvalue weighted by Gasteiger charge is 2.31. The molecule has 0 aliphatic carbocycles. The Bertz CT molecular complexity index is 809. The molecule has 3 aromatic rings. The highest BCUT2D eigenvalue weighted by Crippen LogP contribution is 2.34. The minimum absolute atomic E-state index is 0.165. The molecule has 0 saturated carbocycles. The zero-order chi connectivity index (χ0) is 16.4. The summed E-state index contributed by atoms with van der Waals surface area (Å²) in [7, 11) is 0. The standard InChI is InChI=1S/C20H22N4/c1-2-15-6-3-4-7-17(15)13-24-11-9-18-19(23-14-22-18)20(24)16-8-5-10-21-12-16/h3-8,10,12,14,20H,2,9,11,13H2,1H3,(H,22,23)/t20-/m0/s1. The van der Waals surface area contributed by atoms with Crippen LogP contribution in [0.2, 0.25) is 0 Å². The average molecular weight is 318 g/mol. The number of imidazole rings is 1. The smallest absolute Gasteiger partial charge is 0.0926 e. The number of aryl methyl sites for hydroxylation is 1. The van der Waals surface area contributed by atoms with Gasteiger partial charge in [0.1, 0.15) is 0 Å². The average Bonchev–Trinajstić information content (AvgIpc) is 3.11. The van der Waals surface area contributed by atoms with E-state index in [2.05, 4.69) is 57.1 Å². The Morgan fingerprint density at radius 1 is 1.17 bits per heavy atom. The molecule has 4 heteroatoms. The molecule has 24 heavy (non-hydrogen) atoms. The molecule has 0 bridgehead atoms. The van der Waals surface area contributed by atoms with E-state index < -0.39 is 0 Å². The molecule has 1 atom stereocenters. The molecule has 0 radical (unpaired) electrons. The first-order chi connectivity index (χ1) is 11.9. The maximum Gasteiger partial charge on any atom is 0.0926 e. The molecule has 0 saturated heterocycles. The normalized spacial score (nSPS) is 17.6. The number of aromatic amines is 1. The van der Waals surface area contributed by atoms with Crippen molar-refractivity contribution in [3.05, 3.63) is 83.2 Å².